The van der Waals surface area contributed by atoms with E-state index in [0.29, 0.717) is 6.54 Å². The van der Waals surface area contributed by atoms with Gasteiger partial charge in [0.05, 0.1) is 0 Å². The molecule has 0 atom stereocenters. The summed E-state index contributed by atoms with van der Waals surface area (Å²) in [4.78, 5) is 0. The first-order valence-electron chi connectivity index (χ1n) is 5.18. The summed E-state index contributed by atoms with van der Waals surface area (Å²) in [5.74, 6) is 0. The molecule has 3 heteroatoms. The van der Waals surface area contributed by atoms with Crippen molar-refractivity contribution in [3.8, 4) is 0 Å². The molecule has 0 saturated heterocycles. The fourth-order valence-electron chi connectivity index (χ4n) is 2.08. The van der Waals surface area contributed by atoms with Crippen LogP contribution >= 0.6 is 0 Å². The summed E-state index contributed by atoms with van der Waals surface area (Å²) in [5, 5.41) is 0. The molecule has 0 unspecified atom stereocenters. The van der Waals surface area contributed by atoms with E-state index in [9.17, 15) is 8.78 Å². The van der Waals surface area contributed by atoms with Crippen LogP contribution < -0.4 is 5.73 Å². The fraction of sp³-hybridized carbons (Fsp3) is 0.500. The molecule has 0 spiro atoms. The van der Waals surface area contributed by atoms with E-state index in [0.717, 1.165) is 24.0 Å². The molecule has 1 nitrogen and oxygen atoms in total. The number of hydrogen-bond donors (Lipinski definition) is 1. The summed E-state index contributed by atoms with van der Waals surface area (Å²) < 4.78 is 25.1. The minimum atomic E-state index is -2.39. The summed E-state index contributed by atoms with van der Waals surface area (Å²) in [6.07, 6.45) is -0.341. The Hall–Kier alpha value is -0.960. The van der Waals surface area contributed by atoms with Crippen molar-refractivity contribution in [2.75, 3.05) is 6.54 Å². The lowest BCUT2D eigenvalue weighted by atomic mass is 9.90. The molecule has 2 N–H and O–H groups in total. The Morgan fingerprint density at radius 3 is 2.53 bits per heavy atom. The van der Waals surface area contributed by atoms with Gasteiger partial charge >= 0.3 is 0 Å². The average molecular weight is 211 g/mol. The maximum absolute atomic E-state index is 12.6. The molecule has 0 aromatic heterocycles. The first kappa shape index (κ1) is 10.6. The van der Waals surface area contributed by atoms with Gasteiger partial charge in [-0.1, -0.05) is 12.1 Å². The van der Waals surface area contributed by atoms with Crippen LogP contribution in [0.5, 0.6) is 0 Å². The molecule has 0 heterocycles. The van der Waals surface area contributed by atoms with Gasteiger partial charge in [0.2, 0.25) is 0 Å². The Morgan fingerprint density at radius 1 is 1.40 bits per heavy atom. The van der Waals surface area contributed by atoms with Crippen molar-refractivity contribution >= 4 is 0 Å². The number of alkyl halides is 2. The van der Waals surface area contributed by atoms with E-state index in [-0.39, 0.29) is 11.0 Å². The van der Waals surface area contributed by atoms with E-state index >= 15 is 0 Å². The first-order valence-corrected chi connectivity index (χ1v) is 5.18. The lowest BCUT2D eigenvalue weighted by Crippen LogP contribution is -2.21. The minimum absolute atomic E-state index is 0.00498. The van der Waals surface area contributed by atoms with Crippen molar-refractivity contribution in [2.45, 2.75) is 31.6 Å². The molecule has 0 aliphatic heterocycles. The molecule has 15 heavy (non-hydrogen) atoms. The predicted octanol–water partition coefficient (Wildman–Crippen LogP) is 2.92. The molecule has 82 valence electrons. The molecule has 1 fully saturated rings. The first-order chi connectivity index (χ1) is 7.09. The van der Waals surface area contributed by atoms with Crippen molar-refractivity contribution in [1.29, 1.82) is 0 Å². The Balaban J connectivity index is 2.42. The lowest BCUT2D eigenvalue weighted by molar-refractivity contribution is 0.151. The SMILES string of the molecule is Cc1ccc(C(F)F)cc1C1(CN)CC1. The molecular weight excluding hydrogens is 196 g/mol. The highest BCUT2D eigenvalue weighted by molar-refractivity contribution is 5.41. The number of halogens is 2. The zero-order valence-electron chi connectivity index (χ0n) is 8.76. The fourth-order valence-corrected chi connectivity index (χ4v) is 2.08. The third-order valence-electron chi connectivity index (χ3n) is 3.33. The molecule has 0 radical (unpaired) electrons. The summed E-state index contributed by atoms with van der Waals surface area (Å²) in [6.45, 7) is 2.51. The van der Waals surface area contributed by atoms with Gasteiger partial charge in [0.1, 0.15) is 0 Å². The normalized spacial score (nSPS) is 18.2. The van der Waals surface area contributed by atoms with Crippen molar-refractivity contribution in [3.05, 3.63) is 34.9 Å². The minimum Gasteiger partial charge on any atom is -0.330 e. The second-order valence-corrected chi connectivity index (χ2v) is 4.36. The van der Waals surface area contributed by atoms with Crippen LogP contribution in [0.15, 0.2) is 18.2 Å². The number of rotatable bonds is 3. The number of nitrogens with two attached hydrogens (primary N) is 1. The van der Waals surface area contributed by atoms with Crippen LogP contribution in [-0.4, -0.2) is 6.54 Å². The van der Waals surface area contributed by atoms with Gasteiger partial charge in [-0.2, -0.15) is 0 Å². The quantitative estimate of drug-likeness (QED) is 0.817. The summed E-state index contributed by atoms with van der Waals surface area (Å²) in [5.41, 5.74) is 7.90. The Kier molecular flexibility index (Phi) is 2.51. The second-order valence-electron chi connectivity index (χ2n) is 4.36. The predicted molar refractivity (Wildman–Crippen MR) is 56.1 cm³/mol. The molecule has 1 saturated carbocycles. The van der Waals surface area contributed by atoms with Crippen LogP contribution in [0.2, 0.25) is 0 Å². The highest BCUT2D eigenvalue weighted by atomic mass is 19.3. The van der Waals surface area contributed by atoms with E-state index in [1.54, 1.807) is 12.1 Å². The molecule has 2 rings (SSSR count). The third kappa shape index (κ3) is 1.76. The summed E-state index contributed by atoms with van der Waals surface area (Å²) in [6, 6.07) is 4.89. The zero-order chi connectivity index (χ0) is 11.1. The van der Waals surface area contributed by atoms with Gasteiger partial charge in [-0.3, -0.25) is 0 Å². The van der Waals surface area contributed by atoms with Crippen LogP contribution in [-0.2, 0) is 5.41 Å². The standard InChI is InChI=1S/C12H15F2N/c1-8-2-3-9(11(13)14)6-10(8)12(7-15)4-5-12/h2-3,6,11H,4-5,7,15H2,1H3. The molecule has 1 aliphatic rings. The van der Waals surface area contributed by atoms with Gasteiger partial charge in [-0.25, -0.2) is 8.78 Å². The topological polar surface area (TPSA) is 26.0 Å². The van der Waals surface area contributed by atoms with Gasteiger partial charge in [-0.15, -0.1) is 0 Å². The van der Waals surface area contributed by atoms with Gasteiger partial charge in [0.25, 0.3) is 6.43 Å². The van der Waals surface area contributed by atoms with Crippen LogP contribution in [0.4, 0.5) is 8.78 Å². The van der Waals surface area contributed by atoms with E-state index in [1.807, 2.05) is 6.92 Å². The number of benzene rings is 1. The van der Waals surface area contributed by atoms with Gasteiger partial charge in [-0.05, 0) is 37.0 Å². The van der Waals surface area contributed by atoms with Crippen LogP contribution in [0.25, 0.3) is 0 Å². The number of hydrogen-bond acceptors (Lipinski definition) is 1. The third-order valence-corrected chi connectivity index (χ3v) is 3.33. The van der Waals surface area contributed by atoms with Crippen LogP contribution in [0.3, 0.4) is 0 Å². The summed E-state index contributed by atoms with van der Waals surface area (Å²) in [7, 11) is 0. The van der Waals surface area contributed by atoms with E-state index < -0.39 is 6.43 Å². The van der Waals surface area contributed by atoms with E-state index in [2.05, 4.69) is 0 Å². The highest BCUT2D eigenvalue weighted by Crippen LogP contribution is 2.48. The van der Waals surface area contributed by atoms with Crippen molar-refractivity contribution in [1.82, 2.24) is 0 Å². The van der Waals surface area contributed by atoms with Crippen molar-refractivity contribution in [3.63, 3.8) is 0 Å². The maximum atomic E-state index is 12.6. The molecule has 1 aliphatic carbocycles. The average Bonchev–Trinajstić information content (AvgIpc) is 2.99. The Morgan fingerprint density at radius 2 is 2.07 bits per heavy atom. The van der Waals surface area contributed by atoms with Gasteiger partial charge in [0.15, 0.2) is 0 Å². The molecular formula is C12H15F2N. The lowest BCUT2D eigenvalue weighted by Gasteiger charge is -2.17. The zero-order valence-corrected chi connectivity index (χ0v) is 8.76. The highest BCUT2D eigenvalue weighted by Gasteiger charge is 2.43. The van der Waals surface area contributed by atoms with Crippen LogP contribution in [0, 0.1) is 6.92 Å². The molecule has 1 aromatic rings. The second kappa shape index (κ2) is 3.56. The summed E-state index contributed by atoms with van der Waals surface area (Å²) >= 11 is 0. The van der Waals surface area contributed by atoms with Gasteiger partial charge < -0.3 is 5.73 Å². The number of aryl methyl sites for hydroxylation is 1. The van der Waals surface area contributed by atoms with E-state index in [4.69, 9.17) is 5.73 Å². The molecule has 1 aromatic carbocycles. The smallest absolute Gasteiger partial charge is 0.263 e. The van der Waals surface area contributed by atoms with Crippen LogP contribution in [0.1, 0.15) is 36.0 Å². The Labute approximate surface area is 88.3 Å². The van der Waals surface area contributed by atoms with Crippen molar-refractivity contribution < 1.29 is 8.78 Å². The molecule has 0 amide bonds. The largest absolute Gasteiger partial charge is 0.330 e. The Bertz CT molecular complexity index is 370. The maximum Gasteiger partial charge on any atom is 0.263 e. The molecule has 0 bridgehead atoms. The van der Waals surface area contributed by atoms with Gasteiger partial charge in [0, 0.05) is 17.5 Å². The van der Waals surface area contributed by atoms with E-state index in [1.165, 1.54) is 6.07 Å². The van der Waals surface area contributed by atoms with Crippen molar-refractivity contribution in [2.24, 2.45) is 5.73 Å². The monoisotopic (exact) mass is 211 g/mol.